The molecule has 2 aromatic rings. The van der Waals surface area contributed by atoms with Gasteiger partial charge in [-0.3, -0.25) is 4.79 Å². The summed E-state index contributed by atoms with van der Waals surface area (Å²) < 4.78 is 2.10. The highest BCUT2D eigenvalue weighted by atomic mass is 79.9. The minimum atomic E-state index is 0.747. The van der Waals surface area contributed by atoms with E-state index in [1.165, 1.54) is 15.6 Å². The van der Waals surface area contributed by atoms with E-state index in [0.29, 0.717) is 0 Å². The number of aldehydes is 1. The molecule has 0 radical (unpaired) electrons. The molecule has 1 aromatic carbocycles. The standard InChI is InChI=1S/C11H9BrOS/c1-2-7-5-8(6-13)10(12)11-9(7)3-4-14-11/h3-6H,2H2,1H3. The summed E-state index contributed by atoms with van der Waals surface area (Å²) in [5.74, 6) is 0. The van der Waals surface area contributed by atoms with Gasteiger partial charge in [-0.1, -0.05) is 6.92 Å². The van der Waals surface area contributed by atoms with Crippen molar-refractivity contribution in [3.8, 4) is 0 Å². The number of hydrogen-bond acceptors (Lipinski definition) is 2. The van der Waals surface area contributed by atoms with Crippen molar-refractivity contribution < 1.29 is 4.79 Å². The van der Waals surface area contributed by atoms with Gasteiger partial charge in [0.1, 0.15) is 0 Å². The molecule has 0 bridgehead atoms. The summed E-state index contributed by atoms with van der Waals surface area (Å²) in [7, 11) is 0. The van der Waals surface area contributed by atoms with Gasteiger partial charge in [-0.2, -0.15) is 0 Å². The quantitative estimate of drug-likeness (QED) is 0.752. The van der Waals surface area contributed by atoms with E-state index in [4.69, 9.17) is 0 Å². The molecule has 1 heterocycles. The minimum Gasteiger partial charge on any atom is -0.298 e. The van der Waals surface area contributed by atoms with Crippen molar-refractivity contribution in [3.63, 3.8) is 0 Å². The number of hydrogen-bond donors (Lipinski definition) is 0. The monoisotopic (exact) mass is 268 g/mol. The van der Waals surface area contributed by atoms with Crippen LogP contribution < -0.4 is 0 Å². The van der Waals surface area contributed by atoms with Crippen LogP contribution in [0.1, 0.15) is 22.8 Å². The largest absolute Gasteiger partial charge is 0.298 e. The average Bonchev–Trinajstić information content (AvgIpc) is 2.68. The lowest BCUT2D eigenvalue weighted by Crippen LogP contribution is -1.88. The number of carbonyl (C=O) groups excluding carboxylic acids is 1. The Balaban J connectivity index is 2.86. The van der Waals surface area contributed by atoms with Gasteiger partial charge in [0, 0.05) is 14.7 Å². The molecule has 3 heteroatoms. The second-order valence-corrected chi connectivity index (χ2v) is 4.78. The van der Waals surface area contributed by atoms with Gasteiger partial charge in [0.15, 0.2) is 6.29 Å². The highest BCUT2D eigenvalue weighted by molar-refractivity contribution is 9.10. The number of thiophene rings is 1. The number of aryl methyl sites for hydroxylation is 1. The number of carbonyl (C=O) groups is 1. The molecule has 0 fully saturated rings. The second-order valence-electron chi connectivity index (χ2n) is 3.07. The Morgan fingerprint density at radius 1 is 1.57 bits per heavy atom. The van der Waals surface area contributed by atoms with Gasteiger partial charge in [0.05, 0.1) is 0 Å². The Morgan fingerprint density at radius 2 is 2.36 bits per heavy atom. The molecular weight excluding hydrogens is 260 g/mol. The maximum atomic E-state index is 10.8. The first-order chi connectivity index (χ1) is 6.77. The summed E-state index contributed by atoms with van der Waals surface area (Å²) in [6.45, 7) is 2.11. The zero-order valence-corrected chi connectivity index (χ0v) is 10.1. The van der Waals surface area contributed by atoms with Gasteiger partial charge in [0.2, 0.25) is 0 Å². The lowest BCUT2D eigenvalue weighted by atomic mass is 10.1. The van der Waals surface area contributed by atoms with Crippen molar-refractivity contribution >= 4 is 43.6 Å². The third kappa shape index (κ3) is 1.41. The van der Waals surface area contributed by atoms with Crippen LogP contribution in [0.2, 0.25) is 0 Å². The highest BCUT2D eigenvalue weighted by Gasteiger charge is 2.09. The topological polar surface area (TPSA) is 17.1 Å². The lowest BCUT2D eigenvalue weighted by molar-refractivity contribution is 0.112. The van der Waals surface area contributed by atoms with Crippen LogP contribution in [-0.2, 0) is 6.42 Å². The van der Waals surface area contributed by atoms with Crippen LogP contribution in [-0.4, -0.2) is 6.29 Å². The van der Waals surface area contributed by atoms with E-state index in [1.54, 1.807) is 11.3 Å². The van der Waals surface area contributed by atoms with E-state index in [0.717, 1.165) is 22.7 Å². The Bertz CT molecular complexity index is 487. The van der Waals surface area contributed by atoms with E-state index in [1.807, 2.05) is 6.07 Å². The Hall–Kier alpha value is -0.670. The molecule has 0 atom stereocenters. The van der Waals surface area contributed by atoms with Crippen molar-refractivity contribution in [2.24, 2.45) is 0 Å². The van der Waals surface area contributed by atoms with Crippen LogP contribution in [0.5, 0.6) is 0 Å². The summed E-state index contributed by atoms with van der Waals surface area (Å²) in [4.78, 5) is 10.8. The first kappa shape index (κ1) is 9.87. The summed E-state index contributed by atoms with van der Waals surface area (Å²) >= 11 is 5.13. The van der Waals surface area contributed by atoms with Gasteiger partial charge in [-0.05, 0) is 50.8 Å². The predicted octanol–water partition coefficient (Wildman–Crippen LogP) is 4.04. The molecule has 1 nitrogen and oxygen atoms in total. The van der Waals surface area contributed by atoms with E-state index in [2.05, 4.69) is 34.3 Å². The number of fused-ring (bicyclic) bond motifs is 1. The molecule has 0 aliphatic heterocycles. The maximum Gasteiger partial charge on any atom is 0.151 e. The number of rotatable bonds is 2. The van der Waals surface area contributed by atoms with Crippen LogP contribution in [0.15, 0.2) is 22.0 Å². The SMILES string of the molecule is CCc1cc(C=O)c(Br)c2sccc12. The third-order valence-corrected chi connectivity index (χ3v) is 4.35. The molecule has 0 unspecified atom stereocenters. The molecule has 72 valence electrons. The molecule has 0 spiro atoms. The molecule has 0 saturated heterocycles. The van der Waals surface area contributed by atoms with Crippen LogP contribution in [0, 0.1) is 0 Å². The Kier molecular flexibility index (Phi) is 2.70. The molecule has 0 aliphatic rings. The predicted molar refractivity (Wildman–Crippen MR) is 64.3 cm³/mol. The molecule has 2 rings (SSSR count). The van der Waals surface area contributed by atoms with Crippen LogP contribution >= 0.6 is 27.3 Å². The van der Waals surface area contributed by atoms with Crippen LogP contribution in [0.3, 0.4) is 0 Å². The Labute approximate surface area is 94.9 Å². The fourth-order valence-electron chi connectivity index (χ4n) is 1.57. The summed E-state index contributed by atoms with van der Waals surface area (Å²) in [6.07, 6.45) is 1.86. The van der Waals surface area contributed by atoms with Crippen molar-refractivity contribution in [3.05, 3.63) is 33.1 Å². The Morgan fingerprint density at radius 3 is 3.00 bits per heavy atom. The number of halogens is 1. The van der Waals surface area contributed by atoms with Gasteiger partial charge >= 0.3 is 0 Å². The molecule has 14 heavy (non-hydrogen) atoms. The van der Waals surface area contributed by atoms with Crippen molar-refractivity contribution in [2.75, 3.05) is 0 Å². The molecular formula is C11H9BrOS. The summed E-state index contributed by atoms with van der Waals surface area (Å²) in [5, 5.41) is 3.32. The van der Waals surface area contributed by atoms with Crippen LogP contribution in [0.4, 0.5) is 0 Å². The van der Waals surface area contributed by atoms with Crippen molar-refractivity contribution in [1.29, 1.82) is 0 Å². The lowest BCUT2D eigenvalue weighted by Gasteiger charge is -2.04. The first-order valence-electron chi connectivity index (χ1n) is 4.41. The molecule has 1 aromatic heterocycles. The zero-order chi connectivity index (χ0) is 10.1. The maximum absolute atomic E-state index is 10.8. The van der Waals surface area contributed by atoms with Gasteiger partial charge in [-0.25, -0.2) is 0 Å². The molecule has 0 saturated carbocycles. The fraction of sp³-hybridized carbons (Fsp3) is 0.182. The minimum absolute atomic E-state index is 0.747. The summed E-state index contributed by atoms with van der Waals surface area (Å²) in [5.41, 5.74) is 1.99. The molecule has 0 N–H and O–H groups in total. The summed E-state index contributed by atoms with van der Waals surface area (Å²) in [6, 6.07) is 4.07. The molecule has 0 aliphatic carbocycles. The second kappa shape index (κ2) is 3.83. The number of benzene rings is 1. The average molecular weight is 269 g/mol. The van der Waals surface area contributed by atoms with E-state index in [9.17, 15) is 4.79 Å². The normalized spacial score (nSPS) is 10.7. The fourth-order valence-corrected chi connectivity index (χ4v) is 3.16. The van der Waals surface area contributed by atoms with Crippen molar-refractivity contribution in [1.82, 2.24) is 0 Å². The van der Waals surface area contributed by atoms with Gasteiger partial charge < -0.3 is 0 Å². The smallest absolute Gasteiger partial charge is 0.151 e. The third-order valence-electron chi connectivity index (χ3n) is 2.30. The first-order valence-corrected chi connectivity index (χ1v) is 6.09. The zero-order valence-electron chi connectivity index (χ0n) is 7.71. The van der Waals surface area contributed by atoms with E-state index < -0.39 is 0 Å². The highest BCUT2D eigenvalue weighted by Crippen LogP contribution is 2.34. The van der Waals surface area contributed by atoms with E-state index in [-0.39, 0.29) is 0 Å². The molecule has 0 amide bonds. The van der Waals surface area contributed by atoms with E-state index >= 15 is 0 Å². The van der Waals surface area contributed by atoms with Gasteiger partial charge in [-0.15, -0.1) is 11.3 Å². The van der Waals surface area contributed by atoms with Gasteiger partial charge in [0.25, 0.3) is 0 Å². The van der Waals surface area contributed by atoms with Crippen molar-refractivity contribution in [2.45, 2.75) is 13.3 Å². The van der Waals surface area contributed by atoms with Crippen LogP contribution in [0.25, 0.3) is 10.1 Å².